The highest BCUT2D eigenvalue weighted by Crippen LogP contribution is 2.48. The van der Waals surface area contributed by atoms with E-state index in [2.05, 4.69) is 30.2 Å². The maximum atomic E-state index is 13.6. The molecule has 2 aliphatic rings. The summed E-state index contributed by atoms with van der Waals surface area (Å²) in [4.78, 5) is 28.8. The predicted molar refractivity (Wildman–Crippen MR) is 201 cm³/mol. The molecule has 0 radical (unpaired) electrons. The van der Waals surface area contributed by atoms with Crippen LogP contribution in [0.5, 0.6) is 0 Å². The van der Waals surface area contributed by atoms with Gasteiger partial charge in [-0.1, -0.05) is 89.7 Å². The summed E-state index contributed by atoms with van der Waals surface area (Å²) in [5.74, 6) is -1.04. The topological polar surface area (TPSA) is 201 Å². The van der Waals surface area contributed by atoms with Crippen molar-refractivity contribution in [3.63, 3.8) is 0 Å². The lowest BCUT2D eigenvalue weighted by Gasteiger charge is -2.20. The number of rotatable bonds is 25. The molecule has 3 heterocycles. The lowest BCUT2D eigenvalue weighted by Crippen LogP contribution is -2.34. The number of unbranched alkanes of at least 4 members (excludes halogenated alkanes) is 8. The monoisotopic (exact) mass is 798 g/mol. The van der Waals surface area contributed by atoms with Gasteiger partial charge in [0, 0.05) is 30.5 Å². The number of nitriles is 1. The van der Waals surface area contributed by atoms with Crippen LogP contribution < -0.4 is 5.32 Å². The van der Waals surface area contributed by atoms with Crippen molar-refractivity contribution >= 4 is 47.9 Å². The van der Waals surface area contributed by atoms with Crippen LogP contribution in [-0.4, -0.2) is 82.6 Å². The van der Waals surface area contributed by atoms with Crippen molar-refractivity contribution in [2.24, 2.45) is 0 Å². The second-order valence-corrected chi connectivity index (χ2v) is 16.2. The third-order valence-corrected chi connectivity index (χ3v) is 11.5. The quantitative estimate of drug-likeness (QED) is 0.0294. The van der Waals surface area contributed by atoms with Crippen molar-refractivity contribution in [3.8, 4) is 6.07 Å². The number of esters is 2. The Morgan fingerprint density at radius 3 is 2.15 bits per heavy atom. The minimum absolute atomic E-state index is 0.00979. The van der Waals surface area contributed by atoms with E-state index in [4.69, 9.17) is 39.6 Å². The van der Waals surface area contributed by atoms with Crippen LogP contribution >= 0.6 is 19.2 Å². The fourth-order valence-corrected chi connectivity index (χ4v) is 7.79. The van der Waals surface area contributed by atoms with E-state index in [9.17, 15) is 29.6 Å². The van der Waals surface area contributed by atoms with Crippen molar-refractivity contribution in [1.82, 2.24) is 9.55 Å². The third-order valence-electron chi connectivity index (χ3n) is 9.68. The number of hydrogen-bond acceptors (Lipinski definition) is 14. The Bertz CT molecular complexity index is 1540. The molecule has 2 fully saturated rings. The van der Waals surface area contributed by atoms with E-state index in [-0.39, 0.29) is 36.2 Å². The molecule has 0 spiro atoms. The van der Waals surface area contributed by atoms with E-state index in [1.807, 2.05) is 0 Å². The molecule has 302 valence electrons. The molecular weight excluding hydrogens is 743 g/mol. The maximum Gasteiger partial charge on any atom is 0.361 e. The highest BCUT2D eigenvalue weighted by atomic mass is 35.5. The molecule has 15 nitrogen and oxygen atoms in total. The number of pyridine rings is 1. The van der Waals surface area contributed by atoms with E-state index in [0.717, 1.165) is 77.0 Å². The van der Waals surface area contributed by atoms with Crippen LogP contribution in [0, 0.1) is 11.3 Å². The summed E-state index contributed by atoms with van der Waals surface area (Å²) < 4.78 is 47.8. The van der Waals surface area contributed by atoms with Crippen molar-refractivity contribution in [2.45, 2.75) is 147 Å². The SMILES string of the molecule is CCCCCCCC(=O)OCOP(=O)(COC[C@H]1O[C@@H](n2ccc3c(NC4CCCC4)c(C#N)c(Cl)nc32)[C@H](O)[C@@H]1O)OCOC(=O)CCCCCCC. The molecule has 0 aromatic carbocycles. The molecular formula is C37H56ClN4O11P. The van der Waals surface area contributed by atoms with E-state index < -0.39 is 64.0 Å². The van der Waals surface area contributed by atoms with Gasteiger partial charge in [0.2, 0.25) is 13.6 Å². The van der Waals surface area contributed by atoms with Crippen molar-refractivity contribution in [3.05, 3.63) is 23.0 Å². The van der Waals surface area contributed by atoms with E-state index in [1.54, 1.807) is 12.3 Å². The molecule has 4 atom stereocenters. The van der Waals surface area contributed by atoms with Gasteiger partial charge in [0.15, 0.2) is 11.4 Å². The maximum absolute atomic E-state index is 13.6. The average Bonchev–Trinajstić information content (AvgIpc) is 3.88. The number of carbonyl (C=O) groups excluding carboxylic acids is 2. The van der Waals surface area contributed by atoms with Gasteiger partial charge in [-0.05, 0) is 31.7 Å². The molecule has 2 aromatic heterocycles. The van der Waals surface area contributed by atoms with Gasteiger partial charge in [0.1, 0.15) is 41.9 Å². The van der Waals surface area contributed by atoms with Crippen molar-refractivity contribution in [2.75, 3.05) is 31.9 Å². The number of anilines is 1. The van der Waals surface area contributed by atoms with Gasteiger partial charge in [-0.2, -0.15) is 5.26 Å². The minimum atomic E-state index is -4.17. The van der Waals surface area contributed by atoms with Crippen LogP contribution in [0.4, 0.5) is 5.69 Å². The van der Waals surface area contributed by atoms with E-state index in [0.29, 0.717) is 29.6 Å². The third kappa shape index (κ3) is 12.9. The summed E-state index contributed by atoms with van der Waals surface area (Å²) in [5.41, 5.74) is 1.11. The molecule has 1 saturated heterocycles. The van der Waals surface area contributed by atoms with Crippen LogP contribution in [0.3, 0.4) is 0 Å². The molecule has 17 heteroatoms. The smallest absolute Gasteiger partial charge is 0.361 e. The largest absolute Gasteiger partial charge is 0.438 e. The van der Waals surface area contributed by atoms with Gasteiger partial charge in [-0.15, -0.1) is 0 Å². The number of aliphatic hydroxyl groups is 2. The van der Waals surface area contributed by atoms with Crippen LogP contribution in [0.15, 0.2) is 12.3 Å². The second kappa shape index (κ2) is 22.7. The molecule has 4 rings (SSSR count). The number of fused-ring (bicyclic) bond motifs is 1. The van der Waals surface area contributed by atoms with Crippen LogP contribution in [-0.2, 0) is 42.1 Å². The fourth-order valence-electron chi connectivity index (χ4n) is 6.59. The van der Waals surface area contributed by atoms with Crippen LogP contribution in [0.1, 0.15) is 128 Å². The number of nitrogens with one attached hydrogen (secondary N) is 1. The zero-order chi connectivity index (χ0) is 38.9. The standard InChI is InChI=1S/C37H56ClN4O11P/c1-3-5-7-9-11-17-30(43)49-23-51-54(47,52-24-50-31(44)18-12-10-8-6-4-2)25-48-22-29-33(45)34(46)37(53-29)42-20-19-27-32(40-26-15-13-14-16-26)28(21-39)35(38)41-36(27)42/h19-20,26,29,33-34,37,45-46H,3-18,22-25H2,1-2H3,(H,40,41)/t29-,33-,34-,37-/m1/s1. The van der Waals surface area contributed by atoms with Crippen LogP contribution in [0.2, 0.25) is 5.15 Å². The van der Waals surface area contributed by atoms with Gasteiger partial charge in [-0.25, -0.2) is 4.98 Å². The Kier molecular flexibility index (Phi) is 18.4. The first-order valence-corrected chi connectivity index (χ1v) is 21.4. The van der Waals surface area contributed by atoms with Gasteiger partial charge in [0.05, 0.1) is 12.3 Å². The zero-order valence-electron chi connectivity index (χ0n) is 31.4. The van der Waals surface area contributed by atoms with Crippen LogP contribution in [0.25, 0.3) is 11.0 Å². The Balaban J connectivity index is 1.36. The lowest BCUT2D eigenvalue weighted by molar-refractivity contribution is -0.152. The van der Waals surface area contributed by atoms with Crippen molar-refractivity contribution in [1.29, 1.82) is 5.26 Å². The first kappa shape index (κ1) is 43.9. The summed E-state index contributed by atoms with van der Waals surface area (Å²) in [6, 6.07) is 4.06. The number of aliphatic hydroxyl groups excluding tert-OH is 2. The first-order chi connectivity index (χ1) is 26.1. The van der Waals surface area contributed by atoms with Crippen molar-refractivity contribution < 1.29 is 52.4 Å². The first-order valence-electron chi connectivity index (χ1n) is 19.3. The summed E-state index contributed by atoms with van der Waals surface area (Å²) in [6.45, 7) is 2.51. The summed E-state index contributed by atoms with van der Waals surface area (Å²) in [5, 5.41) is 35.9. The summed E-state index contributed by atoms with van der Waals surface area (Å²) in [6.07, 6.45) is 9.84. The molecule has 54 heavy (non-hydrogen) atoms. The Morgan fingerprint density at radius 2 is 1.57 bits per heavy atom. The summed E-state index contributed by atoms with van der Waals surface area (Å²) in [7, 11) is -4.17. The number of aromatic nitrogens is 2. The number of halogens is 1. The summed E-state index contributed by atoms with van der Waals surface area (Å²) >= 11 is 6.45. The van der Waals surface area contributed by atoms with Gasteiger partial charge in [0.25, 0.3) is 0 Å². The lowest BCUT2D eigenvalue weighted by atomic mass is 10.1. The average molecular weight is 799 g/mol. The molecule has 1 aliphatic carbocycles. The Hall–Kier alpha value is -2.80. The van der Waals surface area contributed by atoms with E-state index in [1.165, 1.54) is 4.57 Å². The number of hydrogen-bond donors (Lipinski definition) is 3. The van der Waals surface area contributed by atoms with Gasteiger partial charge >= 0.3 is 19.5 Å². The number of ether oxygens (including phenoxy) is 4. The number of nitrogens with zero attached hydrogens (tertiary/aromatic N) is 3. The molecule has 1 saturated carbocycles. The molecule has 0 amide bonds. The van der Waals surface area contributed by atoms with E-state index >= 15 is 0 Å². The molecule has 3 N–H and O–H groups in total. The molecule has 0 unspecified atom stereocenters. The second-order valence-electron chi connectivity index (χ2n) is 13.9. The Morgan fingerprint density at radius 1 is 0.981 bits per heavy atom. The minimum Gasteiger partial charge on any atom is -0.438 e. The Labute approximate surface area is 322 Å². The predicted octanol–water partition coefficient (Wildman–Crippen LogP) is 7.46. The molecule has 2 aromatic rings. The number of carbonyl (C=O) groups is 2. The zero-order valence-corrected chi connectivity index (χ0v) is 33.1. The normalized spacial score (nSPS) is 20.4. The molecule has 0 bridgehead atoms. The fraction of sp³-hybridized carbons (Fsp3) is 0.730. The highest BCUT2D eigenvalue weighted by Gasteiger charge is 2.45. The highest BCUT2D eigenvalue weighted by molar-refractivity contribution is 7.53. The molecule has 1 aliphatic heterocycles. The van der Waals surface area contributed by atoms with Gasteiger partial charge < -0.3 is 39.0 Å². The van der Waals surface area contributed by atoms with Gasteiger partial charge in [-0.3, -0.25) is 23.2 Å².